The summed E-state index contributed by atoms with van der Waals surface area (Å²) >= 11 is 0. The van der Waals surface area contributed by atoms with Crippen LogP contribution in [0, 0.1) is 12.8 Å². The molecule has 0 N–H and O–H groups in total. The number of aromatic nitrogens is 5. The maximum absolute atomic E-state index is 13.2. The van der Waals surface area contributed by atoms with Crippen LogP contribution < -0.4 is 0 Å². The standard InChI is InChI=1S/C17H20N6O3S/c1-11(2)15-17-20-16(13-5-4-6-18-9-13)21-22(17)7-8-23(15)27(24,25)14-10-19-26-12(14)3/h4-6,9-11,15H,7-8H2,1-3H3/t15-/m1/s1. The van der Waals surface area contributed by atoms with Crippen LogP contribution in [0.15, 0.2) is 40.1 Å². The average Bonchev–Trinajstić information content (AvgIpc) is 3.27. The van der Waals surface area contributed by atoms with Crippen molar-refractivity contribution >= 4 is 10.0 Å². The maximum atomic E-state index is 13.2. The minimum atomic E-state index is -3.76. The number of nitrogens with zero attached hydrogens (tertiary/aromatic N) is 6. The van der Waals surface area contributed by atoms with Crippen LogP contribution in [0.5, 0.6) is 0 Å². The van der Waals surface area contributed by atoms with Crippen molar-refractivity contribution in [2.75, 3.05) is 6.54 Å². The molecular formula is C17H20N6O3S. The van der Waals surface area contributed by atoms with Gasteiger partial charge in [-0.1, -0.05) is 19.0 Å². The number of hydrogen-bond acceptors (Lipinski definition) is 7. The number of fused-ring (bicyclic) bond motifs is 1. The van der Waals surface area contributed by atoms with Crippen LogP contribution in [0.1, 0.15) is 31.5 Å². The Labute approximate surface area is 157 Å². The molecule has 0 saturated heterocycles. The molecule has 0 bridgehead atoms. The summed E-state index contributed by atoms with van der Waals surface area (Å²) in [7, 11) is -3.76. The van der Waals surface area contributed by atoms with Gasteiger partial charge < -0.3 is 4.52 Å². The van der Waals surface area contributed by atoms with Gasteiger partial charge in [-0.05, 0) is 25.0 Å². The lowest BCUT2D eigenvalue weighted by molar-refractivity contribution is 0.201. The zero-order valence-corrected chi connectivity index (χ0v) is 16.1. The maximum Gasteiger partial charge on any atom is 0.248 e. The summed E-state index contributed by atoms with van der Waals surface area (Å²) in [5.74, 6) is 1.46. The second kappa shape index (κ2) is 6.54. The smallest absolute Gasteiger partial charge is 0.248 e. The van der Waals surface area contributed by atoms with Crippen LogP contribution >= 0.6 is 0 Å². The molecule has 10 heteroatoms. The molecule has 142 valence electrons. The van der Waals surface area contributed by atoms with Gasteiger partial charge in [0.25, 0.3) is 0 Å². The van der Waals surface area contributed by atoms with E-state index in [0.717, 1.165) is 5.56 Å². The second-order valence-corrected chi connectivity index (χ2v) is 8.67. The monoisotopic (exact) mass is 388 g/mol. The Hall–Kier alpha value is -2.59. The Morgan fingerprint density at radius 3 is 2.70 bits per heavy atom. The van der Waals surface area contributed by atoms with E-state index in [1.807, 2.05) is 26.0 Å². The van der Waals surface area contributed by atoms with Crippen molar-refractivity contribution in [1.29, 1.82) is 0 Å². The molecule has 27 heavy (non-hydrogen) atoms. The van der Waals surface area contributed by atoms with Crippen LogP contribution in [0.3, 0.4) is 0 Å². The number of aryl methyl sites for hydroxylation is 1. The molecule has 0 aromatic carbocycles. The van der Waals surface area contributed by atoms with Crippen LogP contribution in [0.2, 0.25) is 0 Å². The number of rotatable bonds is 4. The second-order valence-electron chi connectivity index (χ2n) is 6.81. The fraction of sp³-hybridized carbons (Fsp3) is 0.412. The van der Waals surface area contributed by atoms with Crippen molar-refractivity contribution in [3.8, 4) is 11.4 Å². The normalized spacial score (nSPS) is 18.0. The Bertz CT molecular complexity index is 1060. The van der Waals surface area contributed by atoms with Gasteiger partial charge in [0.1, 0.15) is 10.7 Å². The molecule has 1 aliphatic rings. The third-order valence-electron chi connectivity index (χ3n) is 4.65. The van der Waals surface area contributed by atoms with E-state index in [1.54, 1.807) is 24.0 Å². The topological polar surface area (TPSA) is 107 Å². The van der Waals surface area contributed by atoms with Gasteiger partial charge >= 0.3 is 0 Å². The zero-order valence-electron chi connectivity index (χ0n) is 15.3. The van der Waals surface area contributed by atoms with Gasteiger partial charge in [-0.2, -0.15) is 9.40 Å². The van der Waals surface area contributed by atoms with Crippen LogP contribution in [-0.2, 0) is 16.6 Å². The van der Waals surface area contributed by atoms with Crippen molar-refractivity contribution < 1.29 is 12.9 Å². The first-order valence-corrected chi connectivity index (χ1v) is 10.1. The van der Waals surface area contributed by atoms with E-state index in [-0.39, 0.29) is 16.6 Å². The number of hydrogen-bond donors (Lipinski definition) is 0. The minimum Gasteiger partial charge on any atom is -0.360 e. The van der Waals surface area contributed by atoms with E-state index in [1.165, 1.54) is 10.5 Å². The van der Waals surface area contributed by atoms with Crippen molar-refractivity contribution in [3.63, 3.8) is 0 Å². The lowest BCUT2D eigenvalue weighted by Gasteiger charge is -2.36. The minimum absolute atomic E-state index is 0.00457. The zero-order chi connectivity index (χ0) is 19.2. The van der Waals surface area contributed by atoms with Gasteiger partial charge in [-0.3, -0.25) is 4.98 Å². The van der Waals surface area contributed by atoms with Crippen molar-refractivity contribution in [2.24, 2.45) is 5.92 Å². The van der Waals surface area contributed by atoms with Crippen molar-refractivity contribution in [2.45, 2.75) is 38.3 Å². The third-order valence-corrected chi connectivity index (χ3v) is 6.63. The molecule has 0 unspecified atom stereocenters. The van der Waals surface area contributed by atoms with E-state index in [4.69, 9.17) is 4.52 Å². The van der Waals surface area contributed by atoms with Crippen molar-refractivity contribution in [3.05, 3.63) is 42.3 Å². The van der Waals surface area contributed by atoms with E-state index < -0.39 is 16.1 Å². The SMILES string of the molecule is Cc1oncc1S(=O)(=O)N1CCn2nc(-c3cccnc3)nc2[C@H]1C(C)C. The summed E-state index contributed by atoms with van der Waals surface area (Å²) in [5, 5.41) is 8.18. The van der Waals surface area contributed by atoms with Gasteiger partial charge in [-0.15, -0.1) is 0 Å². The van der Waals surface area contributed by atoms with E-state index >= 15 is 0 Å². The average molecular weight is 388 g/mol. The molecule has 3 aromatic rings. The fourth-order valence-corrected chi connectivity index (χ4v) is 5.17. The molecule has 9 nitrogen and oxygen atoms in total. The molecule has 3 aromatic heterocycles. The lowest BCUT2D eigenvalue weighted by Crippen LogP contribution is -2.44. The van der Waals surface area contributed by atoms with Crippen LogP contribution in [0.4, 0.5) is 0 Å². The largest absolute Gasteiger partial charge is 0.360 e. The van der Waals surface area contributed by atoms with E-state index in [9.17, 15) is 8.42 Å². The van der Waals surface area contributed by atoms with E-state index in [0.29, 0.717) is 24.7 Å². The van der Waals surface area contributed by atoms with Gasteiger partial charge in [0.05, 0.1) is 18.8 Å². The quantitative estimate of drug-likeness (QED) is 0.673. The molecule has 0 amide bonds. The van der Waals surface area contributed by atoms with Gasteiger partial charge in [-0.25, -0.2) is 18.1 Å². The summed E-state index contributed by atoms with van der Waals surface area (Å²) in [4.78, 5) is 8.86. The molecule has 1 aliphatic heterocycles. The summed E-state index contributed by atoms with van der Waals surface area (Å²) in [6.07, 6.45) is 4.63. The lowest BCUT2D eigenvalue weighted by atomic mass is 10.0. The fourth-order valence-electron chi connectivity index (χ4n) is 3.38. The van der Waals surface area contributed by atoms with Crippen LogP contribution in [0.25, 0.3) is 11.4 Å². The van der Waals surface area contributed by atoms with Gasteiger partial charge in [0.2, 0.25) is 10.0 Å². The first kappa shape index (κ1) is 17.8. The molecule has 0 aliphatic carbocycles. The predicted octanol–water partition coefficient (Wildman–Crippen LogP) is 2.04. The third kappa shape index (κ3) is 2.94. The Morgan fingerprint density at radius 1 is 1.26 bits per heavy atom. The van der Waals surface area contributed by atoms with Gasteiger partial charge in [0.15, 0.2) is 11.6 Å². The number of sulfonamides is 1. The van der Waals surface area contributed by atoms with E-state index in [2.05, 4.69) is 20.2 Å². The van der Waals surface area contributed by atoms with Crippen molar-refractivity contribution in [1.82, 2.24) is 29.2 Å². The number of pyridine rings is 1. The molecule has 0 radical (unpaired) electrons. The first-order chi connectivity index (χ1) is 12.9. The highest BCUT2D eigenvalue weighted by atomic mass is 32.2. The molecule has 0 spiro atoms. The summed E-state index contributed by atoms with van der Waals surface area (Å²) in [6, 6.07) is 3.27. The molecule has 4 heterocycles. The first-order valence-electron chi connectivity index (χ1n) is 8.68. The molecule has 0 saturated carbocycles. The summed E-state index contributed by atoms with van der Waals surface area (Å²) in [5.41, 5.74) is 0.797. The predicted molar refractivity (Wildman–Crippen MR) is 96.0 cm³/mol. The van der Waals surface area contributed by atoms with Gasteiger partial charge in [0, 0.05) is 24.5 Å². The Morgan fingerprint density at radius 2 is 2.07 bits per heavy atom. The molecule has 1 atom stereocenters. The molecular weight excluding hydrogens is 368 g/mol. The highest BCUT2D eigenvalue weighted by Crippen LogP contribution is 2.36. The molecule has 4 rings (SSSR count). The Balaban J connectivity index is 1.79. The summed E-state index contributed by atoms with van der Waals surface area (Å²) in [6.45, 7) is 6.27. The molecule has 0 fully saturated rings. The highest BCUT2D eigenvalue weighted by Gasteiger charge is 2.41. The van der Waals surface area contributed by atoms with Crippen LogP contribution in [-0.4, -0.2) is 44.2 Å². The highest BCUT2D eigenvalue weighted by molar-refractivity contribution is 7.89. The summed E-state index contributed by atoms with van der Waals surface area (Å²) < 4.78 is 34.7. The Kier molecular flexibility index (Phi) is 4.31.